The van der Waals surface area contributed by atoms with E-state index in [9.17, 15) is 4.79 Å². The van der Waals surface area contributed by atoms with Crippen molar-refractivity contribution < 1.29 is 19.4 Å². The van der Waals surface area contributed by atoms with Crippen LogP contribution in [0.15, 0.2) is 24.3 Å². The number of carbonyl (C=O) groups is 1. The van der Waals surface area contributed by atoms with Gasteiger partial charge in [0.2, 0.25) is 0 Å². The minimum absolute atomic E-state index is 0.0431. The monoisotopic (exact) mass is 239 g/mol. The van der Waals surface area contributed by atoms with E-state index in [2.05, 4.69) is 5.32 Å². The first-order valence-electron chi connectivity index (χ1n) is 5.34. The smallest absolute Gasteiger partial charge is 0.258 e. The lowest BCUT2D eigenvalue weighted by Crippen LogP contribution is -2.31. The van der Waals surface area contributed by atoms with Crippen LogP contribution in [0.25, 0.3) is 0 Å². The van der Waals surface area contributed by atoms with E-state index in [1.54, 1.807) is 31.4 Å². The number of carbonyl (C=O) groups excluding carboxylic acids is 1. The summed E-state index contributed by atoms with van der Waals surface area (Å²) in [6.45, 7) is 0.858. The van der Waals surface area contributed by atoms with Crippen molar-refractivity contribution in [1.29, 1.82) is 0 Å². The number of aliphatic hydroxyl groups excluding tert-OH is 1. The van der Waals surface area contributed by atoms with Crippen molar-refractivity contribution in [2.75, 3.05) is 26.9 Å². The fraction of sp³-hybridized carbons (Fsp3) is 0.417. The summed E-state index contributed by atoms with van der Waals surface area (Å²) in [6.07, 6.45) is 0. The molecule has 1 amide bonds. The van der Waals surface area contributed by atoms with E-state index in [4.69, 9.17) is 14.6 Å². The molecule has 1 rings (SSSR count). The Morgan fingerprint density at radius 3 is 3.00 bits per heavy atom. The van der Waals surface area contributed by atoms with Crippen molar-refractivity contribution >= 4 is 5.91 Å². The van der Waals surface area contributed by atoms with Gasteiger partial charge in [-0.1, -0.05) is 12.1 Å². The van der Waals surface area contributed by atoms with Crippen LogP contribution in [0.2, 0.25) is 0 Å². The van der Waals surface area contributed by atoms with Gasteiger partial charge in [0.25, 0.3) is 5.91 Å². The molecule has 0 fully saturated rings. The quantitative estimate of drug-likeness (QED) is 0.672. The number of hydrogen-bond donors (Lipinski definition) is 2. The number of ether oxygens (including phenoxy) is 2. The Hall–Kier alpha value is -1.59. The zero-order chi connectivity index (χ0) is 12.5. The van der Waals surface area contributed by atoms with Gasteiger partial charge in [-0.2, -0.15) is 0 Å². The summed E-state index contributed by atoms with van der Waals surface area (Å²) in [5.74, 6) is 0.370. The molecule has 0 bridgehead atoms. The van der Waals surface area contributed by atoms with Crippen LogP contribution < -0.4 is 10.1 Å². The molecule has 0 radical (unpaired) electrons. The second-order valence-electron chi connectivity index (χ2n) is 3.44. The van der Waals surface area contributed by atoms with Crippen LogP contribution in [0.5, 0.6) is 5.75 Å². The number of methoxy groups -OCH3 is 1. The maximum atomic E-state index is 11.3. The lowest BCUT2D eigenvalue weighted by molar-refractivity contribution is -0.123. The fourth-order valence-corrected chi connectivity index (χ4v) is 1.23. The molecule has 1 aromatic rings. The van der Waals surface area contributed by atoms with E-state index >= 15 is 0 Å². The minimum atomic E-state index is -0.198. The molecule has 17 heavy (non-hydrogen) atoms. The summed E-state index contributed by atoms with van der Waals surface area (Å²) >= 11 is 0. The van der Waals surface area contributed by atoms with Crippen LogP contribution in [0.1, 0.15) is 5.56 Å². The van der Waals surface area contributed by atoms with Crippen molar-refractivity contribution in [1.82, 2.24) is 5.32 Å². The average molecular weight is 239 g/mol. The largest absolute Gasteiger partial charge is 0.484 e. The number of rotatable bonds is 7. The molecule has 0 atom stereocenters. The van der Waals surface area contributed by atoms with Crippen molar-refractivity contribution in [3.63, 3.8) is 0 Å². The third kappa shape index (κ3) is 5.33. The topological polar surface area (TPSA) is 67.8 Å². The molecule has 0 aliphatic carbocycles. The van der Waals surface area contributed by atoms with Crippen LogP contribution in [0.3, 0.4) is 0 Å². The Labute approximate surface area is 100 Å². The van der Waals surface area contributed by atoms with Crippen LogP contribution in [0.4, 0.5) is 0 Å². The Balaban J connectivity index is 2.31. The summed E-state index contributed by atoms with van der Waals surface area (Å²) in [5, 5.41) is 11.6. The second kappa shape index (κ2) is 7.65. The van der Waals surface area contributed by atoms with Crippen molar-refractivity contribution in [2.24, 2.45) is 0 Å². The second-order valence-corrected chi connectivity index (χ2v) is 3.44. The highest BCUT2D eigenvalue weighted by molar-refractivity contribution is 5.77. The van der Waals surface area contributed by atoms with Crippen molar-refractivity contribution in [3.05, 3.63) is 29.8 Å². The van der Waals surface area contributed by atoms with Gasteiger partial charge in [0.05, 0.1) is 13.2 Å². The van der Waals surface area contributed by atoms with Gasteiger partial charge in [0.15, 0.2) is 6.61 Å². The van der Waals surface area contributed by atoms with Crippen LogP contribution in [-0.4, -0.2) is 37.9 Å². The van der Waals surface area contributed by atoms with Gasteiger partial charge in [-0.15, -0.1) is 0 Å². The molecule has 5 nitrogen and oxygen atoms in total. The van der Waals surface area contributed by atoms with Crippen LogP contribution in [-0.2, 0) is 16.1 Å². The van der Waals surface area contributed by atoms with Gasteiger partial charge in [0, 0.05) is 13.7 Å². The highest BCUT2D eigenvalue weighted by Gasteiger charge is 2.02. The maximum Gasteiger partial charge on any atom is 0.258 e. The Morgan fingerprint density at radius 1 is 1.47 bits per heavy atom. The Kier molecular flexibility index (Phi) is 6.06. The van der Waals surface area contributed by atoms with E-state index in [1.807, 2.05) is 0 Å². The van der Waals surface area contributed by atoms with Gasteiger partial charge >= 0.3 is 0 Å². The molecule has 94 valence electrons. The first-order chi connectivity index (χ1) is 8.26. The van der Waals surface area contributed by atoms with E-state index < -0.39 is 0 Å². The van der Waals surface area contributed by atoms with Crippen LogP contribution >= 0.6 is 0 Å². The van der Waals surface area contributed by atoms with Gasteiger partial charge in [-0.3, -0.25) is 4.79 Å². The highest BCUT2D eigenvalue weighted by atomic mass is 16.5. The Morgan fingerprint density at radius 2 is 2.29 bits per heavy atom. The Bertz CT molecular complexity index is 354. The number of nitrogens with one attached hydrogen (secondary N) is 1. The fourth-order valence-electron chi connectivity index (χ4n) is 1.23. The summed E-state index contributed by atoms with van der Waals surface area (Å²) < 4.78 is 10.1. The van der Waals surface area contributed by atoms with Gasteiger partial charge in [-0.05, 0) is 17.7 Å². The first-order valence-corrected chi connectivity index (χ1v) is 5.34. The normalized spacial score (nSPS) is 10.0. The zero-order valence-electron chi connectivity index (χ0n) is 9.81. The average Bonchev–Trinajstić information content (AvgIpc) is 2.37. The predicted molar refractivity (Wildman–Crippen MR) is 62.7 cm³/mol. The molecular weight excluding hydrogens is 222 g/mol. The minimum Gasteiger partial charge on any atom is -0.484 e. The van der Waals surface area contributed by atoms with Crippen molar-refractivity contribution in [3.8, 4) is 5.75 Å². The molecule has 2 N–H and O–H groups in total. The lowest BCUT2D eigenvalue weighted by atomic mass is 10.2. The predicted octanol–water partition coefficient (Wildman–Crippen LogP) is 0.320. The molecule has 0 saturated carbocycles. The maximum absolute atomic E-state index is 11.3. The molecule has 0 saturated heterocycles. The highest BCUT2D eigenvalue weighted by Crippen LogP contribution is 2.12. The number of aliphatic hydroxyl groups is 1. The molecule has 1 aromatic carbocycles. The molecule has 0 heterocycles. The molecule has 0 aromatic heterocycles. The zero-order valence-corrected chi connectivity index (χ0v) is 9.81. The third-order valence-corrected chi connectivity index (χ3v) is 2.08. The summed E-state index contributed by atoms with van der Waals surface area (Å²) in [6, 6.07) is 6.99. The van der Waals surface area contributed by atoms with E-state index in [1.165, 1.54) is 0 Å². The number of amides is 1. The first kappa shape index (κ1) is 13.5. The SMILES string of the molecule is COCCNC(=O)COc1cccc(CO)c1. The van der Waals surface area contributed by atoms with Gasteiger partial charge in [0.1, 0.15) is 5.75 Å². The van der Waals surface area contributed by atoms with E-state index in [0.717, 1.165) is 5.56 Å². The molecule has 0 unspecified atom stereocenters. The number of benzene rings is 1. The summed E-state index contributed by atoms with van der Waals surface area (Å²) in [7, 11) is 1.57. The standard InChI is InChI=1S/C12H17NO4/c1-16-6-5-13-12(15)9-17-11-4-2-3-10(7-11)8-14/h2-4,7,14H,5-6,8-9H2,1H3,(H,13,15). The van der Waals surface area contributed by atoms with E-state index in [0.29, 0.717) is 18.9 Å². The third-order valence-electron chi connectivity index (χ3n) is 2.08. The summed E-state index contributed by atoms with van der Waals surface area (Å²) in [4.78, 5) is 11.3. The molecule has 0 aliphatic rings. The molecule has 0 spiro atoms. The molecule has 5 heteroatoms. The van der Waals surface area contributed by atoms with Crippen LogP contribution in [0, 0.1) is 0 Å². The van der Waals surface area contributed by atoms with Gasteiger partial charge < -0.3 is 19.9 Å². The molecule has 0 aliphatic heterocycles. The van der Waals surface area contributed by atoms with Crippen molar-refractivity contribution in [2.45, 2.75) is 6.61 Å². The summed E-state index contributed by atoms with van der Waals surface area (Å²) in [5.41, 5.74) is 0.752. The number of hydrogen-bond acceptors (Lipinski definition) is 4. The van der Waals surface area contributed by atoms with Gasteiger partial charge in [-0.25, -0.2) is 0 Å². The van der Waals surface area contributed by atoms with E-state index in [-0.39, 0.29) is 19.1 Å². The molecular formula is C12H17NO4. The lowest BCUT2D eigenvalue weighted by Gasteiger charge is -2.07.